The molecule has 0 bridgehead atoms. The summed E-state index contributed by atoms with van der Waals surface area (Å²) in [5.74, 6) is -0.374. The van der Waals surface area contributed by atoms with Gasteiger partial charge in [0.25, 0.3) is 5.69 Å². The molecule has 7 nitrogen and oxygen atoms in total. The molecule has 0 aromatic heterocycles. The van der Waals surface area contributed by atoms with Gasteiger partial charge < -0.3 is 14.4 Å². The number of nitro groups is 1. The third-order valence-corrected chi connectivity index (χ3v) is 6.90. The smallest absolute Gasteiger partial charge is 0.416 e. The van der Waals surface area contributed by atoms with E-state index in [-0.39, 0.29) is 41.1 Å². The number of carbonyl (C=O) groups is 1. The first-order chi connectivity index (χ1) is 14.5. The van der Waals surface area contributed by atoms with Gasteiger partial charge >= 0.3 is 12.1 Å². The zero-order chi connectivity index (χ0) is 22.6. The van der Waals surface area contributed by atoms with Crippen molar-refractivity contribution in [3.63, 3.8) is 0 Å². The number of halogens is 3. The number of alkyl halides is 3. The number of rotatable bonds is 4. The van der Waals surface area contributed by atoms with Crippen LogP contribution >= 0.6 is 0 Å². The van der Waals surface area contributed by atoms with E-state index in [0.717, 1.165) is 18.6 Å². The largest absolute Gasteiger partial charge is 0.461 e. The topological polar surface area (TPSA) is 81.9 Å². The van der Waals surface area contributed by atoms with Crippen LogP contribution in [0.15, 0.2) is 18.2 Å². The van der Waals surface area contributed by atoms with Gasteiger partial charge in [-0.25, -0.2) is 0 Å². The Labute approximate surface area is 177 Å². The van der Waals surface area contributed by atoms with Gasteiger partial charge in [0.05, 0.1) is 22.5 Å². The quantitative estimate of drug-likeness (QED) is 0.395. The molecule has 1 aromatic rings. The minimum atomic E-state index is -4.65. The highest BCUT2D eigenvalue weighted by molar-refractivity contribution is 5.74. The molecule has 4 rings (SSSR count). The van der Waals surface area contributed by atoms with Crippen molar-refractivity contribution in [2.24, 2.45) is 17.3 Å². The Balaban J connectivity index is 1.40. The Morgan fingerprint density at radius 1 is 1.26 bits per heavy atom. The van der Waals surface area contributed by atoms with Crippen LogP contribution in [-0.4, -0.2) is 42.8 Å². The number of benzene rings is 1. The summed E-state index contributed by atoms with van der Waals surface area (Å²) in [5.41, 5.74) is -1.73. The number of nitro benzene ring substituents is 1. The van der Waals surface area contributed by atoms with Crippen LogP contribution in [0.5, 0.6) is 0 Å². The van der Waals surface area contributed by atoms with Crippen molar-refractivity contribution in [2.75, 3.05) is 24.6 Å². The van der Waals surface area contributed by atoms with Crippen molar-refractivity contribution in [1.82, 2.24) is 0 Å². The Morgan fingerprint density at radius 2 is 1.94 bits per heavy atom. The van der Waals surface area contributed by atoms with E-state index in [9.17, 15) is 28.1 Å². The third-order valence-electron chi connectivity index (χ3n) is 6.90. The van der Waals surface area contributed by atoms with Crippen molar-refractivity contribution in [1.29, 1.82) is 0 Å². The predicted octanol–water partition coefficient (Wildman–Crippen LogP) is 4.19. The lowest BCUT2D eigenvalue weighted by molar-refractivity contribution is -0.384. The van der Waals surface area contributed by atoms with Crippen LogP contribution in [0.1, 0.15) is 38.7 Å². The maximum absolute atomic E-state index is 12.9. The number of hydrogen-bond donors (Lipinski definition) is 0. The first-order valence-electron chi connectivity index (χ1n) is 10.4. The summed E-state index contributed by atoms with van der Waals surface area (Å²) in [6, 6.07) is 2.55. The van der Waals surface area contributed by atoms with Gasteiger partial charge in [-0.2, -0.15) is 13.2 Å². The number of esters is 1. The summed E-state index contributed by atoms with van der Waals surface area (Å²) in [6.07, 6.45) is -2.99. The molecule has 0 N–H and O–H groups in total. The predicted molar refractivity (Wildman–Crippen MR) is 105 cm³/mol. The van der Waals surface area contributed by atoms with E-state index in [1.54, 1.807) is 4.90 Å². The fourth-order valence-electron chi connectivity index (χ4n) is 5.21. The second-order valence-electron chi connectivity index (χ2n) is 9.14. The molecule has 0 radical (unpaired) electrons. The molecule has 31 heavy (non-hydrogen) atoms. The summed E-state index contributed by atoms with van der Waals surface area (Å²) in [5, 5.41) is 11.4. The average Bonchev–Trinajstić information content (AvgIpc) is 3.18. The van der Waals surface area contributed by atoms with Crippen molar-refractivity contribution in [3.05, 3.63) is 33.9 Å². The zero-order valence-electron chi connectivity index (χ0n) is 17.4. The Kier molecular flexibility index (Phi) is 5.39. The molecule has 1 aromatic carbocycles. The maximum atomic E-state index is 12.9. The van der Waals surface area contributed by atoms with E-state index in [2.05, 4.69) is 0 Å². The van der Waals surface area contributed by atoms with Crippen molar-refractivity contribution in [2.45, 2.75) is 51.5 Å². The number of piperidine rings is 1. The number of ether oxygens (including phenoxy) is 2. The number of nitrogens with zero attached hydrogens (tertiary/aromatic N) is 2. The summed E-state index contributed by atoms with van der Waals surface area (Å²) < 4.78 is 50.3. The van der Waals surface area contributed by atoms with Crippen molar-refractivity contribution >= 4 is 17.3 Å². The van der Waals surface area contributed by atoms with Crippen molar-refractivity contribution < 1.29 is 32.4 Å². The molecule has 2 aliphatic heterocycles. The SMILES string of the molecule is CC1(C)[C@@H]2OCC[C@@H]2[C@@H]1OC(=O)C1CCN(c2ccc(C(F)(F)F)cc2[N+](=O)[O-])CC1. The summed E-state index contributed by atoms with van der Waals surface area (Å²) in [6.45, 7) is 5.40. The molecule has 10 heteroatoms. The van der Waals surface area contributed by atoms with Gasteiger partial charge in [0.15, 0.2) is 0 Å². The van der Waals surface area contributed by atoms with Crippen LogP contribution in [0.25, 0.3) is 0 Å². The molecule has 0 unspecified atom stereocenters. The maximum Gasteiger partial charge on any atom is 0.416 e. The fraction of sp³-hybridized carbons (Fsp3) is 0.667. The second-order valence-corrected chi connectivity index (χ2v) is 9.14. The van der Waals surface area contributed by atoms with E-state index in [1.807, 2.05) is 13.8 Å². The highest BCUT2D eigenvalue weighted by Gasteiger charge is 2.61. The van der Waals surface area contributed by atoms with E-state index >= 15 is 0 Å². The number of anilines is 1. The van der Waals surface area contributed by atoms with Gasteiger partial charge in [-0.05, 0) is 31.4 Å². The van der Waals surface area contributed by atoms with E-state index in [4.69, 9.17) is 9.47 Å². The molecule has 2 heterocycles. The minimum absolute atomic E-state index is 0.118. The molecule has 2 saturated heterocycles. The van der Waals surface area contributed by atoms with E-state index < -0.39 is 22.4 Å². The molecule has 1 aliphatic carbocycles. The molecule has 3 aliphatic rings. The third kappa shape index (κ3) is 3.86. The molecule has 1 saturated carbocycles. The zero-order valence-corrected chi connectivity index (χ0v) is 17.4. The molecule has 0 spiro atoms. The highest BCUT2D eigenvalue weighted by atomic mass is 19.4. The molecular weight excluding hydrogens is 417 g/mol. The molecule has 3 atom stereocenters. The van der Waals surface area contributed by atoms with Gasteiger partial charge in [0.1, 0.15) is 11.8 Å². The Morgan fingerprint density at radius 3 is 2.55 bits per heavy atom. The summed E-state index contributed by atoms with van der Waals surface area (Å²) in [4.78, 5) is 25.0. The molecule has 170 valence electrons. The first kappa shape index (κ1) is 21.9. The second kappa shape index (κ2) is 7.65. The lowest BCUT2D eigenvalue weighted by Crippen LogP contribution is -2.61. The van der Waals surface area contributed by atoms with Gasteiger partial charge in [0.2, 0.25) is 0 Å². The highest BCUT2D eigenvalue weighted by Crippen LogP contribution is 2.54. The standard InChI is InChI=1S/C21H25F3N2O5/c1-20(2)17-14(7-10-30-17)18(20)31-19(27)12-5-8-25(9-6-12)15-4-3-13(21(22,23)24)11-16(15)26(28)29/h3-4,11-12,14,17-18H,5-10H2,1-2H3/t14-,17+,18-/m0/s1. The molecular formula is C21H25F3N2O5. The minimum Gasteiger partial charge on any atom is -0.461 e. The normalized spacial score (nSPS) is 28.0. The van der Waals surface area contributed by atoms with Gasteiger partial charge in [-0.15, -0.1) is 0 Å². The fourth-order valence-corrected chi connectivity index (χ4v) is 5.21. The first-order valence-corrected chi connectivity index (χ1v) is 10.4. The van der Waals surface area contributed by atoms with Crippen molar-refractivity contribution in [3.8, 4) is 0 Å². The van der Waals surface area contributed by atoms with Crippen LogP contribution in [0, 0.1) is 27.4 Å². The van der Waals surface area contributed by atoms with Gasteiger partial charge in [-0.1, -0.05) is 13.8 Å². The molecule has 3 fully saturated rings. The number of hydrogen-bond acceptors (Lipinski definition) is 6. The molecule has 0 amide bonds. The monoisotopic (exact) mass is 442 g/mol. The Bertz CT molecular complexity index is 880. The van der Waals surface area contributed by atoms with Crippen LogP contribution in [0.2, 0.25) is 0 Å². The van der Waals surface area contributed by atoms with Crippen LogP contribution in [0.4, 0.5) is 24.5 Å². The van der Waals surface area contributed by atoms with Gasteiger partial charge in [-0.3, -0.25) is 14.9 Å². The average molecular weight is 442 g/mol. The van der Waals surface area contributed by atoms with Crippen LogP contribution in [-0.2, 0) is 20.4 Å². The summed E-state index contributed by atoms with van der Waals surface area (Å²) in [7, 11) is 0. The van der Waals surface area contributed by atoms with Gasteiger partial charge in [0, 0.05) is 37.1 Å². The lowest BCUT2D eigenvalue weighted by atomic mass is 9.59. The number of carbonyl (C=O) groups excluding carboxylic acids is 1. The van der Waals surface area contributed by atoms with Crippen LogP contribution in [0.3, 0.4) is 0 Å². The lowest BCUT2D eigenvalue weighted by Gasteiger charge is -2.53. The Hall–Kier alpha value is -2.36. The van der Waals surface area contributed by atoms with E-state index in [1.165, 1.54) is 0 Å². The number of fused-ring (bicyclic) bond motifs is 1. The summed E-state index contributed by atoms with van der Waals surface area (Å²) >= 11 is 0. The van der Waals surface area contributed by atoms with E-state index in [0.29, 0.717) is 38.6 Å². The van der Waals surface area contributed by atoms with Crippen LogP contribution < -0.4 is 4.90 Å².